The summed E-state index contributed by atoms with van der Waals surface area (Å²) in [5.74, 6) is 3.50. The largest absolute Gasteiger partial charge is 0.311 e. The highest BCUT2D eigenvalue weighted by Gasteiger charge is 2.43. The Morgan fingerprint density at radius 3 is 1.15 bits per heavy atom. The molecular formula is C90H58BN9. The van der Waals surface area contributed by atoms with Crippen LogP contribution in [0.2, 0.25) is 0 Å². The van der Waals surface area contributed by atoms with E-state index < -0.39 is 0 Å². The smallest absolute Gasteiger partial charge is 0.252 e. The number of hydrogen-bond acceptors (Lipinski definition) is 8. The molecule has 0 bridgehead atoms. The maximum absolute atomic E-state index is 5.42. The SMILES string of the molecule is c1ccc(-c2nc(-c3ccccc3)nc(-c3ccc4c(c3)c3ccccc3n4-c3c(-c4cccc(-c5cccc(-c6cccc(N7c8ccccc8B8c9ccccc9N(c9ccccc9)c9cccc7c98)c6)c5)c4)cccc3-c3nc(-c4ccccc4)nc(-c4ccccc4)n3)n2)cc1. The van der Waals surface area contributed by atoms with Gasteiger partial charge in [-0.2, -0.15) is 0 Å². The standard InChI is InChI=1S/C90H58BN9/c1-6-27-59(28-7-1)85-92-86(60-29-8-2-9-30-60)95-89(94-85)68-53-54-78-74(58-68)72-43-16-19-48-77(72)100(78)84-71(44-25-45-73(84)90-96-87(61-31-10-3-11-32-61)93-88(97-90)62-33-12-4-13-34-62)67-39-23-37-65(56-67)63-35-22-36-64(55-63)66-38-24-42-70(57-66)99-80-50-21-18-47-76(80)91-75-46-17-20-49-79(75)98(69-40-14-5-15-41-69)81-51-26-52-82(99)83(81)91/h1-58H. The van der Waals surface area contributed by atoms with E-state index in [-0.39, 0.29) is 6.71 Å². The molecule has 0 radical (unpaired) electrons. The molecular weight excluding hydrogens is 1220 g/mol. The van der Waals surface area contributed by atoms with E-state index in [4.69, 9.17) is 29.9 Å². The fourth-order valence-corrected chi connectivity index (χ4v) is 15.0. The lowest BCUT2D eigenvalue weighted by Gasteiger charge is -2.44. The summed E-state index contributed by atoms with van der Waals surface area (Å²) in [5, 5.41) is 2.10. The molecule has 0 N–H and O–H groups in total. The predicted molar refractivity (Wildman–Crippen MR) is 410 cm³/mol. The summed E-state index contributed by atoms with van der Waals surface area (Å²) in [5.41, 5.74) is 25.5. The van der Waals surface area contributed by atoms with Crippen LogP contribution in [0.25, 0.3) is 129 Å². The highest BCUT2D eigenvalue weighted by Crippen LogP contribution is 2.47. The van der Waals surface area contributed by atoms with Gasteiger partial charge in [0.25, 0.3) is 6.71 Å². The summed E-state index contributed by atoms with van der Waals surface area (Å²) in [6.07, 6.45) is 0. The van der Waals surface area contributed by atoms with Crippen LogP contribution in [0.4, 0.5) is 34.1 Å². The van der Waals surface area contributed by atoms with Gasteiger partial charge in [-0.1, -0.05) is 261 Å². The van der Waals surface area contributed by atoms with E-state index in [2.05, 4.69) is 269 Å². The van der Waals surface area contributed by atoms with E-state index >= 15 is 0 Å². The Hall–Kier alpha value is -13.4. The molecule has 10 heteroatoms. The number of anilines is 6. The highest BCUT2D eigenvalue weighted by molar-refractivity contribution is 7.00. The Bertz CT molecular complexity index is 5890. The van der Waals surface area contributed by atoms with Gasteiger partial charge >= 0.3 is 0 Å². The van der Waals surface area contributed by atoms with E-state index in [1.807, 2.05) is 97.1 Å². The molecule has 0 saturated heterocycles. The third-order valence-corrected chi connectivity index (χ3v) is 19.5. The molecule has 17 aromatic rings. The third kappa shape index (κ3) is 10.0. The summed E-state index contributed by atoms with van der Waals surface area (Å²) >= 11 is 0. The van der Waals surface area contributed by atoms with E-state index in [1.54, 1.807) is 0 Å². The molecule has 9 nitrogen and oxygen atoms in total. The van der Waals surface area contributed by atoms with Gasteiger partial charge in [0.15, 0.2) is 34.9 Å². The molecule has 19 rings (SSSR count). The topological polar surface area (TPSA) is 88.8 Å². The summed E-state index contributed by atoms with van der Waals surface area (Å²) in [6.45, 7) is 0.0565. The maximum Gasteiger partial charge on any atom is 0.252 e. The number of nitrogens with zero attached hydrogens (tertiary/aromatic N) is 9. The highest BCUT2D eigenvalue weighted by atomic mass is 15.2. The first-order valence-corrected chi connectivity index (χ1v) is 33.8. The van der Waals surface area contributed by atoms with Gasteiger partial charge in [-0.3, -0.25) is 0 Å². The molecule has 466 valence electrons. The van der Waals surface area contributed by atoms with Crippen LogP contribution in [0.15, 0.2) is 352 Å². The van der Waals surface area contributed by atoms with Crippen LogP contribution in [0.3, 0.4) is 0 Å². The van der Waals surface area contributed by atoms with Crippen LogP contribution >= 0.6 is 0 Å². The Morgan fingerprint density at radius 2 is 0.590 bits per heavy atom. The minimum absolute atomic E-state index is 0.0565. The van der Waals surface area contributed by atoms with Gasteiger partial charge in [-0.25, -0.2) is 29.9 Å². The Labute approximate surface area is 579 Å². The molecule has 5 heterocycles. The van der Waals surface area contributed by atoms with Gasteiger partial charge in [-0.15, -0.1) is 0 Å². The van der Waals surface area contributed by atoms with Crippen molar-refractivity contribution in [3.8, 4) is 107 Å². The van der Waals surface area contributed by atoms with Crippen molar-refractivity contribution in [2.24, 2.45) is 0 Å². The molecule has 14 aromatic carbocycles. The monoisotopic (exact) mass is 1280 g/mol. The van der Waals surface area contributed by atoms with Crippen LogP contribution in [0.1, 0.15) is 0 Å². The number of hydrogen-bond donors (Lipinski definition) is 0. The quantitative estimate of drug-likeness (QED) is 0.112. The second-order valence-corrected chi connectivity index (χ2v) is 25.3. The van der Waals surface area contributed by atoms with E-state index in [1.165, 1.54) is 39.1 Å². The lowest BCUT2D eigenvalue weighted by Crippen LogP contribution is -2.61. The second kappa shape index (κ2) is 24.3. The summed E-state index contributed by atoms with van der Waals surface area (Å²) in [7, 11) is 0. The molecule has 0 aliphatic carbocycles. The molecule has 0 fully saturated rings. The number of aromatic nitrogens is 7. The Balaban J connectivity index is 0.757. The predicted octanol–water partition coefficient (Wildman–Crippen LogP) is 20.2. The van der Waals surface area contributed by atoms with Gasteiger partial charge < -0.3 is 14.4 Å². The maximum atomic E-state index is 5.42. The van der Waals surface area contributed by atoms with Crippen molar-refractivity contribution in [3.63, 3.8) is 0 Å². The first kappa shape index (κ1) is 58.0. The zero-order valence-electron chi connectivity index (χ0n) is 54.1. The van der Waals surface area contributed by atoms with Crippen molar-refractivity contribution in [2.45, 2.75) is 0 Å². The number of benzene rings is 14. The van der Waals surface area contributed by atoms with E-state index in [0.717, 1.165) is 106 Å². The summed E-state index contributed by atoms with van der Waals surface area (Å²) < 4.78 is 2.40. The van der Waals surface area contributed by atoms with Crippen molar-refractivity contribution in [1.82, 2.24) is 34.5 Å². The molecule has 0 saturated carbocycles. The lowest BCUT2D eigenvalue weighted by molar-refractivity contribution is 1.06. The van der Waals surface area contributed by atoms with Crippen LogP contribution in [-0.2, 0) is 0 Å². The van der Waals surface area contributed by atoms with Crippen molar-refractivity contribution < 1.29 is 0 Å². The first-order valence-electron chi connectivity index (χ1n) is 33.8. The second-order valence-electron chi connectivity index (χ2n) is 25.3. The normalized spacial score (nSPS) is 12.1. The van der Waals surface area contributed by atoms with Gasteiger partial charge in [0, 0.05) is 83.8 Å². The molecule has 0 spiro atoms. The van der Waals surface area contributed by atoms with Gasteiger partial charge in [0.2, 0.25) is 0 Å². The third-order valence-electron chi connectivity index (χ3n) is 19.5. The number of fused-ring (bicyclic) bond motifs is 7. The fraction of sp³-hybridized carbons (Fsp3) is 0. The van der Waals surface area contributed by atoms with Crippen molar-refractivity contribution in [1.29, 1.82) is 0 Å². The molecule has 2 aliphatic rings. The Kier molecular flexibility index (Phi) is 14.1. The molecule has 100 heavy (non-hydrogen) atoms. The van der Waals surface area contributed by atoms with E-state index in [9.17, 15) is 0 Å². The van der Waals surface area contributed by atoms with Crippen molar-refractivity contribution in [3.05, 3.63) is 352 Å². The van der Waals surface area contributed by atoms with Crippen molar-refractivity contribution >= 4 is 79.0 Å². The Morgan fingerprint density at radius 1 is 0.220 bits per heavy atom. The first-order chi connectivity index (χ1) is 49.6. The zero-order valence-corrected chi connectivity index (χ0v) is 54.1. The molecule has 0 unspecified atom stereocenters. The average molecular weight is 1280 g/mol. The molecule has 2 aliphatic heterocycles. The fourth-order valence-electron chi connectivity index (χ4n) is 15.0. The van der Waals surface area contributed by atoms with Gasteiger partial charge in [0.05, 0.1) is 16.7 Å². The minimum atomic E-state index is 0.0565. The molecule has 3 aromatic heterocycles. The van der Waals surface area contributed by atoms with Crippen LogP contribution in [0.5, 0.6) is 0 Å². The average Bonchev–Trinajstić information content (AvgIpc) is 0.776. The van der Waals surface area contributed by atoms with Gasteiger partial charge in [-0.05, 0) is 135 Å². The van der Waals surface area contributed by atoms with E-state index in [0.29, 0.717) is 34.9 Å². The lowest BCUT2D eigenvalue weighted by atomic mass is 9.33. The van der Waals surface area contributed by atoms with Crippen molar-refractivity contribution in [2.75, 3.05) is 9.80 Å². The van der Waals surface area contributed by atoms with Gasteiger partial charge in [0.1, 0.15) is 0 Å². The van der Waals surface area contributed by atoms with Crippen LogP contribution in [-0.4, -0.2) is 41.2 Å². The minimum Gasteiger partial charge on any atom is -0.311 e. The number of rotatable bonds is 12. The molecule has 0 amide bonds. The molecule has 0 atom stereocenters. The zero-order chi connectivity index (χ0) is 66.0. The van der Waals surface area contributed by atoms with Crippen LogP contribution < -0.4 is 26.2 Å². The van der Waals surface area contributed by atoms with Crippen LogP contribution in [0, 0.1) is 0 Å². The summed E-state index contributed by atoms with van der Waals surface area (Å²) in [4.78, 5) is 36.3. The summed E-state index contributed by atoms with van der Waals surface area (Å²) in [6, 6.07) is 125. The number of para-hydroxylation sites is 5.